The Kier molecular flexibility index (Phi) is 3.36. The van der Waals surface area contributed by atoms with Crippen LogP contribution in [0.2, 0.25) is 0 Å². The number of carboxylic acids is 1. The van der Waals surface area contributed by atoms with E-state index < -0.39 is 11.9 Å². The molecule has 112 valence electrons. The predicted molar refractivity (Wildman–Crippen MR) is 82.3 cm³/mol. The fraction of sp³-hybridized carbons (Fsp3) is 0.533. The molecule has 21 heavy (non-hydrogen) atoms. The minimum absolute atomic E-state index is 0.0863. The van der Waals surface area contributed by atoms with Gasteiger partial charge in [0.25, 0.3) is 5.56 Å². The number of rotatable bonds is 3. The minimum atomic E-state index is -0.844. The van der Waals surface area contributed by atoms with E-state index in [9.17, 15) is 14.7 Å². The van der Waals surface area contributed by atoms with Gasteiger partial charge in [0.1, 0.15) is 10.7 Å². The third-order valence-electron chi connectivity index (χ3n) is 4.09. The summed E-state index contributed by atoms with van der Waals surface area (Å²) in [7, 11) is 0. The summed E-state index contributed by atoms with van der Waals surface area (Å²) in [5, 5.41) is 9.91. The van der Waals surface area contributed by atoms with Crippen LogP contribution in [0.1, 0.15) is 55.3 Å². The van der Waals surface area contributed by atoms with E-state index in [0.717, 1.165) is 22.7 Å². The summed E-state index contributed by atoms with van der Waals surface area (Å²) < 4.78 is 1.68. The lowest BCUT2D eigenvalue weighted by Crippen LogP contribution is -2.26. The molecule has 0 radical (unpaired) electrons. The molecule has 0 spiro atoms. The van der Waals surface area contributed by atoms with Gasteiger partial charge in [0, 0.05) is 17.3 Å². The van der Waals surface area contributed by atoms with E-state index in [1.54, 1.807) is 4.57 Å². The first-order valence-corrected chi connectivity index (χ1v) is 8.06. The van der Waals surface area contributed by atoms with Crippen LogP contribution >= 0.6 is 11.3 Å². The average Bonchev–Trinajstić information content (AvgIpc) is 2.95. The smallest absolute Gasteiger partial charge is 0.311 e. The van der Waals surface area contributed by atoms with Gasteiger partial charge in [0.05, 0.1) is 11.3 Å². The summed E-state index contributed by atoms with van der Waals surface area (Å²) in [6.45, 7) is 6.50. The van der Waals surface area contributed by atoms with Gasteiger partial charge in [-0.25, -0.2) is 4.98 Å². The highest BCUT2D eigenvalue weighted by atomic mass is 32.1. The van der Waals surface area contributed by atoms with E-state index in [1.165, 1.54) is 11.3 Å². The Bertz CT molecular complexity index is 788. The maximum absolute atomic E-state index is 12.8. The van der Waals surface area contributed by atoms with Crippen molar-refractivity contribution in [3.8, 4) is 0 Å². The fourth-order valence-electron chi connectivity index (χ4n) is 3.13. The number of nitrogens with zero attached hydrogens (tertiary/aromatic N) is 2. The second-order valence-corrected chi connectivity index (χ2v) is 6.81. The highest BCUT2D eigenvalue weighted by Gasteiger charge is 2.34. The maximum atomic E-state index is 12.8. The molecule has 0 aliphatic heterocycles. The van der Waals surface area contributed by atoms with E-state index in [0.29, 0.717) is 23.2 Å². The average molecular weight is 306 g/mol. The van der Waals surface area contributed by atoms with Crippen molar-refractivity contribution in [3.05, 3.63) is 26.6 Å². The lowest BCUT2D eigenvalue weighted by atomic mass is 10.0. The van der Waals surface area contributed by atoms with Gasteiger partial charge >= 0.3 is 5.97 Å². The van der Waals surface area contributed by atoms with Crippen molar-refractivity contribution in [2.45, 2.75) is 52.0 Å². The van der Waals surface area contributed by atoms with Crippen LogP contribution in [0.15, 0.2) is 4.79 Å². The molecule has 0 bridgehead atoms. The summed E-state index contributed by atoms with van der Waals surface area (Å²) in [5.74, 6) is -0.460. The van der Waals surface area contributed by atoms with Crippen LogP contribution in [0, 0.1) is 0 Å². The Balaban J connectivity index is 2.37. The molecule has 1 N–H and O–H groups in total. The maximum Gasteiger partial charge on any atom is 0.311 e. The van der Waals surface area contributed by atoms with Crippen LogP contribution in [0.25, 0.3) is 10.2 Å². The molecule has 0 fully saturated rings. The van der Waals surface area contributed by atoms with Crippen LogP contribution < -0.4 is 5.56 Å². The molecular weight excluding hydrogens is 288 g/mol. The van der Waals surface area contributed by atoms with Gasteiger partial charge < -0.3 is 5.11 Å². The van der Waals surface area contributed by atoms with E-state index in [1.807, 2.05) is 20.8 Å². The van der Waals surface area contributed by atoms with Crippen LogP contribution in [-0.4, -0.2) is 20.6 Å². The molecule has 1 unspecified atom stereocenters. The lowest BCUT2D eigenvalue weighted by molar-refractivity contribution is -0.138. The molecule has 1 atom stereocenters. The first kappa shape index (κ1) is 14.3. The summed E-state index contributed by atoms with van der Waals surface area (Å²) in [4.78, 5) is 30.6. The molecule has 0 amide bonds. The molecule has 0 saturated heterocycles. The predicted octanol–water partition coefficient (Wildman–Crippen LogP) is 2.72. The van der Waals surface area contributed by atoms with Crippen LogP contribution in [-0.2, 0) is 17.8 Å². The largest absolute Gasteiger partial charge is 0.481 e. The summed E-state index contributed by atoms with van der Waals surface area (Å²) in [6, 6.07) is 0. The molecule has 2 heterocycles. The Morgan fingerprint density at radius 1 is 1.52 bits per heavy atom. The molecule has 2 aromatic heterocycles. The zero-order valence-electron chi connectivity index (χ0n) is 12.3. The Labute approximate surface area is 126 Å². The SMILES string of the molecule is CCn1c(C(C)C)nc2sc3c(c2c1=O)C(C(=O)O)CC3. The molecular formula is C15H18N2O3S. The van der Waals surface area contributed by atoms with E-state index in [4.69, 9.17) is 0 Å². The molecule has 6 heteroatoms. The number of carboxylic acid groups (broad SMARTS) is 1. The van der Waals surface area contributed by atoms with Crippen LogP contribution in [0.3, 0.4) is 0 Å². The van der Waals surface area contributed by atoms with Gasteiger partial charge in [-0.2, -0.15) is 0 Å². The first-order valence-electron chi connectivity index (χ1n) is 7.24. The number of carbonyl (C=O) groups is 1. The van der Waals surface area contributed by atoms with Crippen molar-refractivity contribution in [2.75, 3.05) is 0 Å². The second kappa shape index (κ2) is 4.94. The monoisotopic (exact) mass is 306 g/mol. The second-order valence-electron chi connectivity index (χ2n) is 5.72. The zero-order valence-corrected chi connectivity index (χ0v) is 13.2. The Morgan fingerprint density at radius 2 is 2.24 bits per heavy atom. The molecule has 5 nitrogen and oxygen atoms in total. The van der Waals surface area contributed by atoms with Gasteiger partial charge in [0.2, 0.25) is 0 Å². The van der Waals surface area contributed by atoms with Crippen LogP contribution in [0.5, 0.6) is 0 Å². The zero-order chi connectivity index (χ0) is 15.3. The molecule has 1 aliphatic rings. The topological polar surface area (TPSA) is 72.2 Å². The Hall–Kier alpha value is -1.69. The van der Waals surface area contributed by atoms with Gasteiger partial charge in [0.15, 0.2) is 0 Å². The third-order valence-corrected chi connectivity index (χ3v) is 5.25. The number of aryl methyl sites for hydroxylation is 1. The number of fused-ring (bicyclic) bond motifs is 3. The Morgan fingerprint density at radius 3 is 2.81 bits per heavy atom. The van der Waals surface area contributed by atoms with E-state index in [2.05, 4.69) is 4.98 Å². The number of thiophene rings is 1. The number of aromatic nitrogens is 2. The third kappa shape index (κ3) is 2.00. The van der Waals surface area contributed by atoms with Crippen molar-refractivity contribution in [1.82, 2.24) is 9.55 Å². The summed E-state index contributed by atoms with van der Waals surface area (Å²) in [5.41, 5.74) is 0.634. The van der Waals surface area contributed by atoms with Gasteiger partial charge in [-0.05, 0) is 25.3 Å². The molecule has 0 saturated carbocycles. The highest BCUT2D eigenvalue weighted by Crippen LogP contribution is 2.42. The van der Waals surface area contributed by atoms with Crippen LogP contribution in [0.4, 0.5) is 0 Å². The van der Waals surface area contributed by atoms with Crippen molar-refractivity contribution in [1.29, 1.82) is 0 Å². The summed E-state index contributed by atoms with van der Waals surface area (Å²) >= 11 is 1.48. The van der Waals surface area contributed by atoms with E-state index >= 15 is 0 Å². The lowest BCUT2D eigenvalue weighted by Gasteiger charge is -2.13. The normalized spacial score (nSPS) is 17.6. The van der Waals surface area contributed by atoms with Gasteiger partial charge in [-0.1, -0.05) is 13.8 Å². The van der Waals surface area contributed by atoms with Crippen molar-refractivity contribution >= 4 is 27.5 Å². The number of hydrogen-bond donors (Lipinski definition) is 1. The standard InChI is InChI=1S/C15H18N2O3S/c1-4-17-12(7(2)3)16-13-11(14(17)18)10-8(15(19)20)5-6-9(10)21-13/h7-8H,4-6H2,1-3H3,(H,19,20). The minimum Gasteiger partial charge on any atom is -0.481 e. The first-order chi connectivity index (χ1) is 9.95. The van der Waals surface area contributed by atoms with E-state index in [-0.39, 0.29) is 11.5 Å². The highest BCUT2D eigenvalue weighted by molar-refractivity contribution is 7.18. The van der Waals surface area contributed by atoms with Crippen molar-refractivity contribution in [2.24, 2.45) is 0 Å². The van der Waals surface area contributed by atoms with Crippen molar-refractivity contribution < 1.29 is 9.90 Å². The summed E-state index contributed by atoms with van der Waals surface area (Å²) in [6.07, 6.45) is 1.32. The molecule has 2 aromatic rings. The number of hydrogen-bond acceptors (Lipinski definition) is 4. The number of aliphatic carboxylic acids is 1. The fourth-order valence-corrected chi connectivity index (χ4v) is 4.38. The van der Waals surface area contributed by atoms with Gasteiger partial charge in [-0.15, -0.1) is 11.3 Å². The molecule has 3 rings (SSSR count). The molecule has 0 aromatic carbocycles. The van der Waals surface area contributed by atoms with Crippen molar-refractivity contribution in [3.63, 3.8) is 0 Å². The molecule has 1 aliphatic carbocycles. The van der Waals surface area contributed by atoms with Gasteiger partial charge in [-0.3, -0.25) is 14.2 Å². The quantitative estimate of drug-likeness (QED) is 0.946.